The summed E-state index contributed by atoms with van der Waals surface area (Å²) in [5, 5.41) is 3.01. The van der Waals surface area contributed by atoms with Crippen molar-refractivity contribution >= 4 is 17.5 Å². The minimum atomic E-state index is -0.263. The van der Waals surface area contributed by atoms with Crippen molar-refractivity contribution in [1.82, 2.24) is 4.90 Å². The standard InChI is InChI=1S/C28H38N2O3/c1-20-9-8-10-21(2)25(20)26(31)29-24-13-11-23(12-14-24)19-22(3)30(4)27(32)28(17-18-33-5)15-6-7-16-28/h8-14,22H,6-7,15-19H2,1-5H3,(H,29,31). The van der Waals surface area contributed by atoms with Gasteiger partial charge in [-0.2, -0.15) is 0 Å². The number of carbonyl (C=O) groups is 2. The van der Waals surface area contributed by atoms with Crippen LogP contribution in [0.5, 0.6) is 0 Å². The maximum atomic E-state index is 13.4. The fourth-order valence-corrected chi connectivity index (χ4v) is 5.06. The summed E-state index contributed by atoms with van der Waals surface area (Å²) in [6.07, 6.45) is 5.73. The van der Waals surface area contributed by atoms with E-state index in [-0.39, 0.29) is 23.3 Å². The highest BCUT2D eigenvalue weighted by Gasteiger charge is 2.43. The van der Waals surface area contributed by atoms with Gasteiger partial charge in [-0.1, -0.05) is 43.2 Å². The van der Waals surface area contributed by atoms with Crippen LogP contribution in [0.15, 0.2) is 42.5 Å². The Morgan fingerprint density at radius 2 is 1.67 bits per heavy atom. The third-order valence-corrected chi connectivity index (χ3v) is 7.23. The lowest BCUT2D eigenvalue weighted by molar-refractivity contribution is -0.143. The van der Waals surface area contributed by atoms with E-state index in [1.54, 1.807) is 7.11 Å². The zero-order valence-electron chi connectivity index (χ0n) is 20.7. The number of hydrogen-bond acceptors (Lipinski definition) is 3. The Morgan fingerprint density at radius 3 is 2.24 bits per heavy atom. The molecule has 1 unspecified atom stereocenters. The molecule has 1 aliphatic rings. The quantitative estimate of drug-likeness (QED) is 0.545. The molecule has 33 heavy (non-hydrogen) atoms. The van der Waals surface area contributed by atoms with Gasteiger partial charge in [0.25, 0.3) is 5.91 Å². The van der Waals surface area contributed by atoms with E-state index in [1.807, 2.05) is 68.3 Å². The normalized spacial score (nSPS) is 15.8. The van der Waals surface area contributed by atoms with Crippen molar-refractivity contribution in [2.24, 2.45) is 5.41 Å². The zero-order valence-corrected chi connectivity index (χ0v) is 20.7. The molecule has 1 aliphatic carbocycles. The van der Waals surface area contributed by atoms with Gasteiger partial charge in [-0.15, -0.1) is 0 Å². The van der Waals surface area contributed by atoms with Crippen LogP contribution in [-0.4, -0.2) is 43.5 Å². The number of hydrogen-bond donors (Lipinski definition) is 1. The van der Waals surface area contributed by atoms with Crippen molar-refractivity contribution in [2.75, 3.05) is 26.1 Å². The van der Waals surface area contributed by atoms with Crippen molar-refractivity contribution in [2.45, 2.75) is 65.3 Å². The number of amides is 2. The summed E-state index contributed by atoms with van der Waals surface area (Å²) in [7, 11) is 3.63. The van der Waals surface area contributed by atoms with Gasteiger partial charge in [0.1, 0.15) is 0 Å². The summed E-state index contributed by atoms with van der Waals surface area (Å²) in [5.41, 5.74) is 4.32. The van der Waals surface area contributed by atoms with E-state index in [1.165, 1.54) is 0 Å². The molecule has 0 spiro atoms. The Labute approximate surface area is 198 Å². The Hall–Kier alpha value is -2.66. The number of nitrogens with zero attached hydrogens (tertiary/aromatic N) is 1. The number of carbonyl (C=O) groups excluding carboxylic acids is 2. The topological polar surface area (TPSA) is 58.6 Å². The second-order valence-corrected chi connectivity index (χ2v) is 9.62. The van der Waals surface area contributed by atoms with Gasteiger partial charge in [0.05, 0.1) is 5.41 Å². The molecule has 1 N–H and O–H groups in total. The predicted octanol–water partition coefficient (Wildman–Crippen LogP) is 5.54. The van der Waals surface area contributed by atoms with Crippen LogP contribution in [0.1, 0.15) is 66.1 Å². The van der Waals surface area contributed by atoms with Crippen LogP contribution >= 0.6 is 0 Å². The molecule has 2 aromatic carbocycles. The first kappa shape index (κ1) is 25.0. The van der Waals surface area contributed by atoms with E-state index in [0.717, 1.165) is 66.5 Å². The maximum Gasteiger partial charge on any atom is 0.256 e. The lowest BCUT2D eigenvalue weighted by atomic mass is 9.81. The van der Waals surface area contributed by atoms with Gasteiger partial charge in [0.2, 0.25) is 5.91 Å². The number of anilines is 1. The van der Waals surface area contributed by atoms with Crippen molar-refractivity contribution in [1.29, 1.82) is 0 Å². The van der Waals surface area contributed by atoms with E-state index in [0.29, 0.717) is 6.61 Å². The van der Waals surface area contributed by atoms with Gasteiger partial charge in [-0.05, 0) is 75.3 Å². The third kappa shape index (κ3) is 5.83. The van der Waals surface area contributed by atoms with Crippen LogP contribution in [0.25, 0.3) is 0 Å². The molecule has 3 rings (SSSR count). The van der Waals surface area contributed by atoms with Crippen LogP contribution in [-0.2, 0) is 16.0 Å². The first-order valence-electron chi connectivity index (χ1n) is 12.0. The SMILES string of the molecule is COCCC1(C(=O)N(C)C(C)Cc2ccc(NC(=O)c3c(C)cccc3C)cc2)CCCC1. The molecular formula is C28H38N2O3. The Balaban J connectivity index is 1.62. The second kappa shape index (κ2) is 11.0. The molecule has 0 aromatic heterocycles. The Kier molecular flexibility index (Phi) is 8.30. The predicted molar refractivity (Wildman–Crippen MR) is 134 cm³/mol. The number of benzene rings is 2. The van der Waals surface area contributed by atoms with E-state index < -0.39 is 0 Å². The fraction of sp³-hybridized carbons (Fsp3) is 0.500. The number of nitrogens with one attached hydrogen (secondary N) is 1. The van der Waals surface area contributed by atoms with Crippen LogP contribution in [0.2, 0.25) is 0 Å². The number of rotatable bonds is 9. The summed E-state index contributed by atoms with van der Waals surface area (Å²) in [5.74, 6) is 0.164. The molecule has 1 fully saturated rings. The lowest BCUT2D eigenvalue weighted by Crippen LogP contribution is -2.46. The maximum absolute atomic E-state index is 13.4. The van der Waals surface area contributed by atoms with E-state index >= 15 is 0 Å². The molecule has 0 aliphatic heterocycles. The highest BCUT2D eigenvalue weighted by atomic mass is 16.5. The fourth-order valence-electron chi connectivity index (χ4n) is 5.06. The summed E-state index contributed by atoms with van der Waals surface area (Å²) in [6.45, 7) is 6.64. The van der Waals surface area contributed by atoms with Crippen molar-refractivity contribution in [3.05, 3.63) is 64.7 Å². The van der Waals surface area contributed by atoms with Crippen LogP contribution < -0.4 is 5.32 Å². The lowest BCUT2D eigenvalue weighted by Gasteiger charge is -2.35. The van der Waals surface area contributed by atoms with E-state index in [2.05, 4.69) is 12.2 Å². The van der Waals surface area contributed by atoms with Crippen molar-refractivity contribution < 1.29 is 14.3 Å². The molecule has 5 heteroatoms. The first-order valence-corrected chi connectivity index (χ1v) is 12.0. The number of likely N-dealkylation sites (N-methyl/N-ethyl adjacent to an activating group) is 1. The van der Waals surface area contributed by atoms with Gasteiger partial charge >= 0.3 is 0 Å². The molecule has 0 bridgehead atoms. The molecule has 0 radical (unpaired) electrons. The third-order valence-electron chi connectivity index (χ3n) is 7.23. The largest absolute Gasteiger partial charge is 0.385 e. The number of aryl methyl sites for hydroxylation is 2. The smallest absolute Gasteiger partial charge is 0.256 e. The molecule has 0 saturated heterocycles. The molecule has 1 saturated carbocycles. The zero-order chi connectivity index (χ0) is 24.0. The van der Waals surface area contributed by atoms with Crippen LogP contribution in [0.4, 0.5) is 5.69 Å². The van der Waals surface area contributed by atoms with E-state index in [9.17, 15) is 9.59 Å². The van der Waals surface area contributed by atoms with Gasteiger partial charge < -0.3 is 15.0 Å². The molecule has 2 aromatic rings. The molecule has 2 amide bonds. The average molecular weight is 451 g/mol. The van der Waals surface area contributed by atoms with Gasteiger partial charge in [-0.3, -0.25) is 9.59 Å². The van der Waals surface area contributed by atoms with E-state index in [4.69, 9.17) is 4.74 Å². The monoisotopic (exact) mass is 450 g/mol. The number of methoxy groups -OCH3 is 1. The highest BCUT2D eigenvalue weighted by Crippen LogP contribution is 2.43. The highest BCUT2D eigenvalue weighted by molar-refractivity contribution is 6.06. The molecule has 0 heterocycles. The van der Waals surface area contributed by atoms with Crippen LogP contribution in [0, 0.1) is 19.3 Å². The number of ether oxygens (including phenoxy) is 1. The molecular weight excluding hydrogens is 412 g/mol. The first-order chi connectivity index (χ1) is 15.8. The summed E-state index contributed by atoms with van der Waals surface area (Å²) >= 11 is 0. The minimum Gasteiger partial charge on any atom is -0.385 e. The summed E-state index contributed by atoms with van der Waals surface area (Å²) < 4.78 is 5.29. The molecule has 5 nitrogen and oxygen atoms in total. The van der Waals surface area contributed by atoms with Crippen molar-refractivity contribution in [3.63, 3.8) is 0 Å². The van der Waals surface area contributed by atoms with Gasteiger partial charge in [0.15, 0.2) is 0 Å². The molecule has 1 atom stereocenters. The average Bonchev–Trinajstić information content (AvgIpc) is 3.28. The Morgan fingerprint density at radius 1 is 1.06 bits per heavy atom. The van der Waals surface area contributed by atoms with Crippen molar-refractivity contribution in [3.8, 4) is 0 Å². The Bertz CT molecular complexity index is 941. The van der Waals surface area contributed by atoms with Crippen LogP contribution in [0.3, 0.4) is 0 Å². The molecule has 178 valence electrons. The van der Waals surface area contributed by atoms with Gasteiger partial charge in [0, 0.05) is 38.1 Å². The summed E-state index contributed by atoms with van der Waals surface area (Å²) in [6, 6.07) is 13.9. The second-order valence-electron chi connectivity index (χ2n) is 9.62. The summed E-state index contributed by atoms with van der Waals surface area (Å²) in [4.78, 5) is 28.1. The minimum absolute atomic E-state index is 0.0880. The van der Waals surface area contributed by atoms with Gasteiger partial charge in [-0.25, -0.2) is 0 Å².